The minimum Gasteiger partial charge on any atom is -0.462 e. The third-order valence-corrected chi connectivity index (χ3v) is 2.76. The van der Waals surface area contributed by atoms with Crippen LogP contribution in [0, 0.1) is 0 Å². The predicted molar refractivity (Wildman–Crippen MR) is 80.4 cm³/mol. The molecule has 114 valence electrons. The summed E-state index contributed by atoms with van der Waals surface area (Å²) in [7, 11) is 0. The molecule has 1 aromatic carbocycles. The minimum absolute atomic E-state index is 0.162. The van der Waals surface area contributed by atoms with E-state index in [1.54, 1.807) is 55.7 Å². The van der Waals surface area contributed by atoms with E-state index in [1.807, 2.05) is 0 Å². The Kier molecular flexibility index (Phi) is 5.48. The van der Waals surface area contributed by atoms with Crippen molar-refractivity contribution in [3.63, 3.8) is 0 Å². The third-order valence-electron chi connectivity index (χ3n) is 2.76. The first-order chi connectivity index (χ1) is 10.7. The van der Waals surface area contributed by atoms with E-state index in [-0.39, 0.29) is 6.61 Å². The van der Waals surface area contributed by atoms with Crippen molar-refractivity contribution in [2.45, 2.75) is 13.5 Å². The standard InChI is InChI=1S/C16H16N2O4/c1-2-21-15(19)13-3-5-14(6-4-13)18-16(20)22-11-12-7-9-17-10-8-12/h3-10H,2,11H2,1H3,(H,18,20). The monoisotopic (exact) mass is 300 g/mol. The number of hydrogen-bond donors (Lipinski definition) is 1. The van der Waals surface area contributed by atoms with E-state index in [1.165, 1.54) is 0 Å². The van der Waals surface area contributed by atoms with Crippen molar-refractivity contribution in [3.8, 4) is 0 Å². The van der Waals surface area contributed by atoms with Crippen molar-refractivity contribution in [1.82, 2.24) is 4.98 Å². The number of amides is 1. The van der Waals surface area contributed by atoms with Crippen molar-refractivity contribution in [2.24, 2.45) is 0 Å². The molecule has 0 aliphatic heterocycles. The molecule has 0 unspecified atom stereocenters. The Morgan fingerprint density at radius 1 is 1.05 bits per heavy atom. The molecule has 0 bridgehead atoms. The lowest BCUT2D eigenvalue weighted by atomic mass is 10.2. The van der Waals surface area contributed by atoms with Gasteiger partial charge in [0.2, 0.25) is 0 Å². The Morgan fingerprint density at radius 2 is 1.73 bits per heavy atom. The van der Waals surface area contributed by atoms with Crippen molar-refractivity contribution in [1.29, 1.82) is 0 Å². The van der Waals surface area contributed by atoms with Gasteiger partial charge in [0.15, 0.2) is 0 Å². The van der Waals surface area contributed by atoms with E-state index in [9.17, 15) is 9.59 Å². The van der Waals surface area contributed by atoms with Crippen LogP contribution < -0.4 is 5.32 Å². The highest BCUT2D eigenvalue weighted by Crippen LogP contribution is 2.11. The van der Waals surface area contributed by atoms with Gasteiger partial charge in [0.1, 0.15) is 6.61 Å². The summed E-state index contributed by atoms with van der Waals surface area (Å²) < 4.78 is 9.96. The number of aromatic nitrogens is 1. The maximum atomic E-state index is 11.7. The van der Waals surface area contributed by atoms with E-state index in [0.29, 0.717) is 17.9 Å². The number of rotatable bonds is 5. The molecule has 0 aliphatic carbocycles. The summed E-state index contributed by atoms with van der Waals surface area (Å²) >= 11 is 0. The normalized spacial score (nSPS) is 9.86. The summed E-state index contributed by atoms with van der Waals surface area (Å²) in [5.74, 6) is -0.394. The van der Waals surface area contributed by atoms with Crippen LogP contribution in [-0.4, -0.2) is 23.7 Å². The Balaban J connectivity index is 1.85. The molecule has 0 atom stereocenters. The Bertz CT molecular complexity index is 626. The molecule has 0 radical (unpaired) electrons. The van der Waals surface area contributed by atoms with Crippen LogP contribution >= 0.6 is 0 Å². The zero-order chi connectivity index (χ0) is 15.8. The first-order valence-corrected chi connectivity index (χ1v) is 6.79. The third kappa shape index (κ3) is 4.59. The van der Waals surface area contributed by atoms with E-state index < -0.39 is 12.1 Å². The highest BCUT2D eigenvalue weighted by atomic mass is 16.5. The summed E-state index contributed by atoms with van der Waals surface area (Å²) in [5.41, 5.74) is 1.81. The zero-order valence-corrected chi connectivity index (χ0v) is 12.1. The number of carbonyl (C=O) groups is 2. The second-order valence-electron chi connectivity index (χ2n) is 4.35. The molecule has 0 spiro atoms. The molecule has 6 heteroatoms. The van der Waals surface area contributed by atoms with Gasteiger partial charge in [0.25, 0.3) is 0 Å². The van der Waals surface area contributed by atoms with Gasteiger partial charge in [-0.2, -0.15) is 0 Å². The molecule has 0 saturated heterocycles. The minimum atomic E-state index is -0.569. The first kappa shape index (κ1) is 15.5. The van der Waals surface area contributed by atoms with Gasteiger partial charge in [-0.3, -0.25) is 10.3 Å². The molecular weight excluding hydrogens is 284 g/mol. The number of nitrogens with one attached hydrogen (secondary N) is 1. The average molecular weight is 300 g/mol. The van der Waals surface area contributed by atoms with E-state index >= 15 is 0 Å². The van der Waals surface area contributed by atoms with Crippen LogP contribution in [0.3, 0.4) is 0 Å². The largest absolute Gasteiger partial charge is 0.462 e. The Hall–Kier alpha value is -2.89. The Morgan fingerprint density at radius 3 is 2.36 bits per heavy atom. The summed E-state index contributed by atoms with van der Waals surface area (Å²) in [6, 6.07) is 9.91. The lowest BCUT2D eigenvalue weighted by Crippen LogP contribution is -2.13. The lowest BCUT2D eigenvalue weighted by Gasteiger charge is -2.07. The van der Waals surface area contributed by atoms with Crippen LogP contribution in [0.25, 0.3) is 0 Å². The van der Waals surface area contributed by atoms with Crippen LogP contribution in [0.2, 0.25) is 0 Å². The van der Waals surface area contributed by atoms with Gasteiger partial charge >= 0.3 is 12.1 Å². The number of hydrogen-bond acceptors (Lipinski definition) is 5. The molecule has 1 heterocycles. The fraction of sp³-hybridized carbons (Fsp3) is 0.188. The van der Waals surface area contributed by atoms with Crippen molar-refractivity contribution < 1.29 is 19.1 Å². The SMILES string of the molecule is CCOC(=O)c1ccc(NC(=O)OCc2ccncc2)cc1. The van der Waals surface area contributed by atoms with E-state index in [0.717, 1.165) is 5.56 Å². The van der Waals surface area contributed by atoms with Gasteiger partial charge < -0.3 is 9.47 Å². The fourth-order valence-electron chi connectivity index (χ4n) is 1.69. The predicted octanol–water partition coefficient (Wildman–Crippen LogP) is 3.01. The average Bonchev–Trinajstić information content (AvgIpc) is 2.55. The van der Waals surface area contributed by atoms with Gasteiger partial charge in [-0.05, 0) is 48.9 Å². The van der Waals surface area contributed by atoms with Gasteiger partial charge in [-0.1, -0.05) is 0 Å². The van der Waals surface area contributed by atoms with Gasteiger partial charge in [-0.15, -0.1) is 0 Å². The smallest absolute Gasteiger partial charge is 0.411 e. The number of esters is 1. The van der Waals surface area contributed by atoms with Crippen LogP contribution in [0.4, 0.5) is 10.5 Å². The zero-order valence-electron chi connectivity index (χ0n) is 12.1. The number of anilines is 1. The molecule has 6 nitrogen and oxygen atoms in total. The molecule has 0 fully saturated rings. The van der Waals surface area contributed by atoms with E-state index in [4.69, 9.17) is 9.47 Å². The molecule has 0 saturated carbocycles. The fourth-order valence-corrected chi connectivity index (χ4v) is 1.69. The lowest BCUT2D eigenvalue weighted by molar-refractivity contribution is 0.0526. The first-order valence-electron chi connectivity index (χ1n) is 6.79. The molecule has 0 aliphatic rings. The second-order valence-corrected chi connectivity index (χ2v) is 4.35. The second kappa shape index (κ2) is 7.78. The molecule has 1 N–H and O–H groups in total. The topological polar surface area (TPSA) is 77.5 Å². The quantitative estimate of drug-likeness (QED) is 0.859. The summed E-state index contributed by atoms with van der Waals surface area (Å²) in [4.78, 5) is 27.0. The highest BCUT2D eigenvalue weighted by molar-refractivity contribution is 5.91. The summed E-state index contributed by atoms with van der Waals surface area (Å²) in [6.45, 7) is 2.22. The van der Waals surface area contributed by atoms with Gasteiger partial charge in [0.05, 0.1) is 12.2 Å². The number of pyridine rings is 1. The van der Waals surface area contributed by atoms with Crippen molar-refractivity contribution in [2.75, 3.05) is 11.9 Å². The molecule has 22 heavy (non-hydrogen) atoms. The van der Waals surface area contributed by atoms with Crippen LogP contribution in [0.15, 0.2) is 48.8 Å². The number of ether oxygens (including phenoxy) is 2. The van der Waals surface area contributed by atoms with Crippen LogP contribution in [0.5, 0.6) is 0 Å². The molecular formula is C16H16N2O4. The summed E-state index contributed by atoms with van der Waals surface area (Å²) in [6.07, 6.45) is 2.69. The highest BCUT2D eigenvalue weighted by Gasteiger charge is 2.07. The Labute approximate surface area is 128 Å². The van der Waals surface area contributed by atoms with E-state index in [2.05, 4.69) is 10.3 Å². The maximum absolute atomic E-state index is 11.7. The molecule has 1 aromatic heterocycles. The summed E-state index contributed by atoms with van der Waals surface area (Å²) in [5, 5.41) is 2.58. The number of nitrogens with zero attached hydrogens (tertiary/aromatic N) is 1. The van der Waals surface area contributed by atoms with Crippen molar-refractivity contribution in [3.05, 3.63) is 59.9 Å². The maximum Gasteiger partial charge on any atom is 0.411 e. The van der Waals surface area contributed by atoms with Gasteiger partial charge in [0, 0.05) is 18.1 Å². The molecule has 2 aromatic rings. The molecule has 1 amide bonds. The van der Waals surface area contributed by atoms with Crippen LogP contribution in [-0.2, 0) is 16.1 Å². The van der Waals surface area contributed by atoms with Crippen LogP contribution in [0.1, 0.15) is 22.8 Å². The van der Waals surface area contributed by atoms with Crippen molar-refractivity contribution >= 4 is 17.7 Å². The van der Waals surface area contributed by atoms with Gasteiger partial charge in [-0.25, -0.2) is 9.59 Å². The molecule has 2 rings (SSSR count). The number of carbonyl (C=O) groups excluding carboxylic acids is 2. The number of benzene rings is 1.